The van der Waals surface area contributed by atoms with Crippen LogP contribution in [0.15, 0.2) is 71.8 Å². The average Bonchev–Trinajstić information content (AvgIpc) is 3.16. The first kappa shape index (κ1) is 22.4. The van der Waals surface area contributed by atoms with Crippen LogP contribution in [0.4, 0.5) is 0 Å². The number of nitrogens with two attached hydrogens (primary N) is 2. The number of fused-ring (bicyclic) bond motifs is 1. The molecule has 0 fully saturated rings. The molecule has 0 saturated heterocycles. The van der Waals surface area contributed by atoms with Crippen LogP contribution in [-0.2, 0) is 6.61 Å². The maximum atomic E-state index is 6.07. The summed E-state index contributed by atoms with van der Waals surface area (Å²) in [5, 5.41) is 4.79. The van der Waals surface area contributed by atoms with Crippen LogP contribution < -0.4 is 16.3 Å². The zero-order chi connectivity index (χ0) is 23.4. The molecule has 33 heavy (non-hydrogen) atoms. The minimum Gasteiger partial charge on any atom is -0.489 e. The molecular weight excluding hydrogens is 426 g/mol. The maximum Gasteiger partial charge on any atom is 0.120 e. The molecule has 4 nitrogen and oxygen atoms in total. The fraction of sp³-hybridized carbons (Fsp3) is 0.179. The summed E-state index contributed by atoms with van der Waals surface area (Å²) < 4.78 is 7.36. The summed E-state index contributed by atoms with van der Waals surface area (Å²) in [5.74, 6) is 8.93. The van der Waals surface area contributed by atoms with Crippen molar-refractivity contribution in [2.45, 2.75) is 32.8 Å². The van der Waals surface area contributed by atoms with Gasteiger partial charge in [-0.15, -0.1) is 17.8 Å². The molecule has 3 aromatic carbocycles. The second-order valence-corrected chi connectivity index (χ2v) is 9.34. The summed E-state index contributed by atoms with van der Waals surface area (Å²) in [7, 11) is 0. The van der Waals surface area contributed by atoms with Crippen molar-refractivity contribution in [1.82, 2.24) is 0 Å². The third-order valence-corrected chi connectivity index (χ3v) is 6.90. The van der Waals surface area contributed by atoms with E-state index < -0.39 is 0 Å². The number of hydrogen-bond donors (Lipinski definition) is 2. The molecule has 0 aliphatic rings. The Hall–Kier alpha value is -3.75. The SMILES string of the molecule is C#CC(C/C(N)=N/N)c1ccc(OCc2ccc3sc(C)c(-c4ccccc4C)c3c2)cc1. The Bertz CT molecular complexity index is 1350. The Labute approximate surface area is 198 Å². The minimum atomic E-state index is -0.171. The number of hydrogen-bond acceptors (Lipinski definition) is 4. The smallest absolute Gasteiger partial charge is 0.120 e. The Morgan fingerprint density at radius 3 is 2.55 bits per heavy atom. The third kappa shape index (κ3) is 4.87. The highest BCUT2D eigenvalue weighted by atomic mass is 32.1. The molecule has 0 amide bonds. The number of thiophene rings is 1. The molecule has 1 atom stereocenters. The minimum absolute atomic E-state index is 0.171. The fourth-order valence-corrected chi connectivity index (χ4v) is 5.10. The van der Waals surface area contributed by atoms with E-state index in [2.05, 4.69) is 67.3 Å². The molecule has 0 radical (unpaired) electrons. The van der Waals surface area contributed by atoms with Crippen molar-refractivity contribution >= 4 is 27.3 Å². The van der Waals surface area contributed by atoms with E-state index in [1.165, 1.54) is 31.7 Å². The van der Waals surface area contributed by atoms with Crippen LogP contribution >= 0.6 is 11.3 Å². The van der Waals surface area contributed by atoms with Gasteiger partial charge in [-0.2, -0.15) is 5.10 Å². The van der Waals surface area contributed by atoms with E-state index in [9.17, 15) is 0 Å². The van der Waals surface area contributed by atoms with Crippen LogP contribution in [0.3, 0.4) is 0 Å². The first-order valence-electron chi connectivity index (χ1n) is 10.8. The Morgan fingerprint density at radius 2 is 1.85 bits per heavy atom. The van der Waals surface area contributed by atoms with Crippen LogP contribution in [0.1, 0.15) is 33.9 Å². The maximum absolute atomic E-state index is 6.07. The predicted octanol–water partition coefficient (Wildman–Crippen LogP) is 6.10. The monoisotopic (exact) mass is 453 g/mol. The lowest BCUT2D eigenvalue weighted by Gasteiger charge is -2.12. The molecule has 4 aromatic rings. The van der Waals surface area contributed by atoms with Gasteiger partial charge in [0.15, 0.2) is 0 Å². The van der Waals surface area contributed by atoms with Gasteiger partial charge in [-0.1, -0.05) is 48.4 Å². The molecule has 166 valence electrons. The number of nitrogens with zero attached hydrogens (tertiary/aromatic N) is 1. The zero-order valence-electron chi connectivity index (χ0n) is 18.8. The molecule has 1 unspecified atom stereocenters. The van der Waals surface area contributed by atoms with Crippen molar-refractivity contribution in [2.75, 3.05) is 0 Å². The van der Waals surface area contributed by atoms with Gasteiger partial charge in [-0.3, -0.25) is 0 Å². The summed E-state index contributed by atoms with van der Waals surface area (Å²) in [6.07, 6.45) is 6.09. The molecule has 0 spiro atoms. The first-order chi connectivity index (χ1) is 16.0. The highest BCUT2D eigenvalue weighted by Gasteiger charge is 2.14. The van der Waals surface area contributed by atoms with Crippen molar-refractivity contribution in [3.05, 3.63) is 88.3 Å². The van der Waals surface area contributed by atoms with Gasteiger partial charge in [0.05, 0.1) is 5.92 Å². The molecule has 1 heterocycles. The van der Waals surface area contributed by atoms with Crippen LogP contribution in [-0.4, -0.2) is 5.84 Å². The van der Waals surface area contributed by atoms with E-state index in [0.29, 0.717) is 18.9 Å². The number of ether oxygens (including phenoxy) is 1. The molecule has 5 heteroatoms. The predicted molar refractivity (Wildman–Crippen MR) is 140 cm³/mol. The van der Waals surface area contributed by atoms with Gasteiger partial charge in [-0.05, 0) is 60.4 Å². The quantitative estimate of drug-likeness (QED) is 0.117. The van der Waals surface area contributed by atoms with E-state index in [1.54, 1.807) is 0 Å². The normalized spacial score (nSPS) is 12.5. The summed E-state index contributed by atoms with van der Waals surface area (Å²) in [6, 6.07) is 22.9. The molecule has 0 aliphatic carbocycles. The lowest BCUT2D eigenvalue weighted by Crippen LogP contribution is -2.17. The van der Waals surface area contributed by atoms with Gasteiger partial charge >= 0.3 is 0 Å². The third-order valence-electron chi connectivity index (χ3n) is 5.81. The lowest BCUT2D eigenvalue weighted by atomic mass is 9.96. The number of aryl methyl sites for hydroxylation is 2. The number of amidine groups is 1. The van der Waals surface area contributed by atoms with E-state index >= 15 is 0 Å². The van der Waals surface area contributed by atoms with Gasteiger partial charge in [0.25, 0.3) is 0 Å². The van der Waals surface area contributed by atoms with Crippen molar-refractivity contribution in [2.24, 2.45) is 16.7 Å². The van der Waals surface area contributed by atoms with Crippen molar-refractivity contribution in [3.8, 4) is 29.2 Å². The largest absolute Gasteiger partial charge is 0.489 e. The standard InChI is InChI=1S/C28H27N3OS/c1-4-21(16-27(29)31-30)22-10-12-23(13-11-22)32-17-20-9-14-26-25(15-20)28(19(3)33-26)24-8-6-5-7-18(24)2/h1,5-15,21H,16-17,30H2,2-3H3,(H2,29,31). The molecule has 0 saturated carbocycles. The van der Waals surface area contributed by atoms with E-state index in [4.69, 9.17) is 22.7 Å². The number of hydrazone groups is 1. The van der Waals surface area contributed by atoms with Crippen molar-refractivity contribution in [1.29, 1.82) is 0 Å². The molecule has 0 aliphatic heterocycles. The Balaban J connectivity index is 1.53. The second-order valence-electron chi connectivity index (χ2n) is 8.08. The van der Waals surface area contributed by atoms with E-state index in [1.807, 2.05) is 35.6 Å². The Kier molecular flexibility index (Phi) is 6.67. The fourth-order valence-electron chi connectivity index (χ4n) is 4.04. The average molecular weight is 454 g/mol. The molecular formula is C28H27N3OS. The number of benzene rings is 3. The van der Waals surface area contributed by atoms with Crippen LogP contribution in [0, 0.1) is 26.2 Å². The van der Waals surface area contributed by atoms with Crippen LogP contribution in [0.25, 0.3) is 21.2 Å². The summed E-state index contributed by atoms with van der Waals surface area (Å²) in [6.45, 7) is 4.85. The van der Waals surface area contributed by atoms with Gasteiger partial charge in [0.1, 0.15) is 18.2 Å². The first-order valence-corrected chi connectivity index (χ1v) is 11.6. The summed E-state index contributed by atoms with van der Waals surface area (Å²) in [5.41, 5.74) is 11.7. The van der Waals surface area contributed by atoms with Gasteiger partial charge in [0, 0.05) is 26.9 Å². The van der Waals surface area contributed by atoms with E-state index in [0.717, 1.165) is 16.9 Å². The highest BCUT2D eigenvalue weighted by Crippen LogP contribution is 2.40. The Morgan fingerprint density at radius 1 is 1.09 bits per heavy atom. The number of terminal acetylenes is 1. The van der Waals surface area contributed by atoms with Crippen molar-refractivity contribution in [3.63, 3.8) is 0 Å². The highest BCUT2D eigenvalue weighted by molar-refractivity contribution is 7.19. The summed E-state index contributed by atoms with van der Waals surface area (Å²) in [4.78, 5) is 1.33. The molecule has 1 aromatic heterocycles. The van der Waals surface area contributed by atoms with Gasteiger partial charge in [-0.25, -0.2) is 0 Å². The topological polar surface area (TPSA) is 73.6 Å². The zero-order valence-corrected chi connectivity index (χ0v) is 19.7. The van der Waals surface area contributed by atoms with Crippen molar-refractivity contribution < 1.29 is 4.74 Å². The van der Waals surface area contributed by atoms with Crippen LogP contribution in [0.2, 0.25) is 0 Å². The number of rotatable bonds is 7. The second kappa shape index (κ2) is 9.81. The van der Waals surface area contributed by atoms with E-state index in [-0.39, 0.29) is 5.92 Å². The molecule has 4 rings (SSSR count). The molecule has 4 N–H and O–H groups in total. The lowest BCUT2D eigenvalue weighted by molar-refractivity contribution is 0.306. The van der Waals surface area contributed by atoms with Crippen LogP contribution in [0.5, 0.6) is 5.75 Å². The molecule has 0 bridgehead atoms. The van der Waals surface area contributed by atoms with Gasteiger partial charge < -0.3 is 16.3 Å². The van der Waals surface area contributed by atoms with Gasteiger partial charge in [0.2, 0.25) is 0 Å². The summed E-state index contributed by atoms with van der Waals surface area (Å²) >= 11 is 1.84.